The number of ether oxygens (including phenoxy) is 1. The Hall–Kier alpha value is -0.100. The van der Waals surface area contributed by atoms with Gasteiger partial charge in [-0.15, -0.1) is 11.3 Å². The average molecular weight is 337 g/mol. The van der Waals surface area contributed by atoms with Crippen molar-refractivity contribution in [1.82, 2.24) is 0 Å². The first kappa shape index (κ1) is 16.3. The van der Waals surface area contributed by atoms with Gasteiger partial charge in [-0.25, -0.2) is 8.42 Å². The molecule has 6 heteroatoms. The summed E-state index contributed by atoms with van der Waals surface area (Å²) in [6.07, 6.45) is 6.26. The van der Waals surface area contributed by atoms with Crippen LogP contribution in [-0.4, -0.2) is 20.8 Å². The summed E-state index contributed by atoms with van der Waals surface area (Å²) in [7, 11) is 2.02. The van der Waals surface area contributed by atoms with Gasteiger partial charge in [0.2, 0.25) is 9.05 Å². The van der Waals surface area contributed by atoms with Crippen molar-refractivity contribution >= 4 is 31.1 Å². The third kappa shape index (κ3) is 5.35. The van der Waals surface area contributed by atoms with Gasteiger partial charge in [-0.05, 0) is 24.3 Å². The fraction of sp³-hybridized carbons (Fsp3) is 0.714. The maximum Gasteiger partial charge on any atom is 0.233 e. The Labute approximate surface area is 129 Å². The Kier molecular flexibility index (Phi) is 5.90. The van der Waals surface area contributed by atoms with Crippen LogP contribution in [-0.2, 0) is 20.4 Å². The number of thiophene rings is 1. The molecule has 0 amide bonds. The minimum absolute atomic E-state index is 0.0337. The standard InChI is InChI=1S/C14H21ClO3S2/c15-20(16,17)12-14(7-3-1-2-4-8-14)11-18-10-13-6-5-9-19-13/h5-6,9H,1-4,7-8,10-12H2. The van der Waals surface area contributed by atoms with E-state index in [1.54, 1.807) is 11.3 Å². The Morgan fingerprint density at radius 3 is 2.50 bits per heavy atom. The molecule has 0 bridgehead atoms. The molecule has 1 aliphatic rings. The van der Waals surface area contributed by atoms with Crippen molar-refractivity contribution in [1.29, 1.82) is 0 Å². The van der Waals surface area contributed by atoms with Crippen molar-refractivity contribution in [3.63, 3.8) is 0 Å². The molecule has 0 aliphatic heterocycles. The second-order valence-corrected chi connectivity index (χ2v) is 9.48. The summed E-state index contributed by atoms with van der Waals surface area (Å²) in [6, 6.07) is 4.02. The van der Waals surface area contributed by atoms with Gasteiger partial charge >= 0.3 is 0 Å². The number of hydrogen-bond donors (Lipinski definition) is 0. The predicted octanol–water partition coefficient (Wildman–Crippen LogP) is 4.17. The van der Waals surface area contributed by atoms with E-state index in [1.807, 2.05) is 17.5 Å². The number of halogens is 1. The van der Waals surface area contributed by atoms with Crippen LogP contribution in [0.25, 0.3) is 0 Å². The number of hydrogen-bond acceptors (Lipinski definition) is 4. The average Bonchev–Trinajstić information content (AvgIpc) is 2.75. The Morgan fingerprint density at radius 1 is 1.25 bits per heavy atom. The van der Waals surface area contributed by atoms with Crippen LogP contribution >= 0.6 is 22.0 Å². The van der Waals surface area contributed by atoms with Crippen LogP contribution in [0.15, 0.2) is 17.5 Å². The summed E-state index contributed by atoms with van der Waals surface area (Å²) >= 11 is 1.66. The smallest absolute Gasteiger partial charge is 0.233 e. The van der Waals surface area contributed by atoms with Crippen LogP contribution in [0.1, 0.15) is 43.4 Å². The van der Waals surface area contributed by atoms with Crippen molar-refractivity contribution in [2.24, 2.45) is 5.41 Å². The highest BCUT2D eigenvalue weighted by molar-refractivity contribution is 8.13. The summed E-state index contributed by atoms with van der Waals surface area (Å²) in [5, 5.41) is 2.02. The molecule has 1 aromatic rings. The van der Waals surface area contributed by atoms with E-state index in [-0.39, 0.29) is 11.2 Å². The molecular formula is C14H21ClO3S2. The van der Waals surface area contributed by atoms with Crippen LogP contribution in [0, 0.1) is 5.41 Å². The van der Waals surface area contributed by atoms with E-state index in [0.29, 0.717) is 13.2 Å². The van der Waals surface area contributed by atoms with Crippen molar-refractivity contribution in [2.45, 2.75) is 45.1 Å². The van der Waals surface area contributed by atoms with Crippen LogP contribution in [0.4, 0.5) is 0 Å². The molecule has 1 saturated carbocycles. The van der Waals surface area contributed by atoms with Crippen LogP contribution in [0.3, 0.4) is 0 Å². The quantitative estimate of drug-likeness (QED) is 0.578. The molecule has 1 fully saturated rings. The monoisotopic (exact) mass is 336 g/mol. The Bertz CT molecular complexity index is 488. The highest BCUT2D eigenvalue weighted by Crippen LogP contribution is 2.37. The minimum atomic E-state index is -3.49. The third-order valence-corrected chi connectivity index (χ3v) is 6.01. The van der Waals surface area contributed by atoms with E-state index in [2.05, 4.69) is 0 Å². The molecule has 3 nitrogen and oxygen atoms in total. The highest BCUT2D eigenvalue weighted by atomic mass is 35.7. The lowest BCUT2D eigenvalue weighted by Gasteiger charge is -2.31. The molecule has 0 saturated heterocycles. The normalized spacial score (nSPS) is 19.6. The molecule has 2 rings (SSSR count). The van der Waals surface area contributed by atoms with Gasteiger partial charge in [0, 0.05) is 21.0 Å². The van der Waals surface area contributed by atoms with E-state index in [9.17, 15) is 8.42 Å². The number of rotatable bonds is 6. The fourth-order valence-electron chi connectivity index (χ4n) is 2.94. The zero-order valence-electron chi connectivity index (χ0n) is 11.5. The first-order chi connectivity index (χ1) is 9.49. The van der Waals surface area contributed by atoms with E-state index in [4.69, 9.17) is 15.4 Å². The van der Waals surface area contributed by atoms with Crippen molar-refractivity contribution in [3.8, 4) is 0 Å². The van der Waals surface area contributed by atoms with Crippen LogP contribution < -0.4 is 0 Å². The zero-order valence-corrected chi connectivity index (χ0v) is 13.9. The minimum Gasteiger partial charge on any atom is -0.375 e. The van der Waals surface area contributed by atoms with Crippen molar-refractivity contribution in [2.75, 3.05) is 12.4 Å². The molecule has 0 N–H and O–H groups in total. The van der Waals surface area contributed by atoms with Gasteiger partial charge in [0.15, 0.2) is 0 Å². The lowest BCUT2D eigenvalue weighted by atomic mass is 9.83. The largest absolute Gasteiger partial charge is 0.375 e. The molecule has 1 heterocycles. The first-order valence-electron chi connectivity index (χ1n) is 7.02. The van der Waals surface area contributed by atoms with Gasteiger partial charge < -0.3 is 4.74 Å². The van der Waals surface area contributed by atoms with E-state index < -0.39 is 9.05 Å². The van der Waals surface area contributed by atoms with Crippen molar-refractivity contribution in [3.05, 3.63) is 22.4 Å². The van der Waals surface area contributed by atoms with Gasteiger partial charge in [-0.1, -0.05) is 31.7 Å². The summed E-state index contributed by atoms with van der Waals surface area (Å²) in [4.78, 5) is 1.17. The maximum absolute atomic E-state index is 11.5. The third-order valence-electron chi connectivity index (χ3n) is 3.88. The summed E-state index contributed by atoms with van der Waals surface area (Å²) in [6.45, 7) is 1.04. The topological polar surface area (TPSA) is 43.4 Å². The fourth-order valence-corrected chi connectivity index (χ4v) is 5.38. The summed E-state index contributed by atoms with van der Waals surface area (Å²) in [5.41, 5.74) is -0.297. The molecule has 0 aromatic carbocycles. The molecule has 0 radical (unpaired) electrons. The van der Waals surface area contributed by atoms with Crippen LogP contribution in [0.5, 0.6) is 0 Å². The maximum atomic E-state index is 11.5. The lowest BCUT2D eigenvalue weighted by molar-refractivity contribution is 0.0373. The van der Waals surface area contributed by atoms with E-state index >= 15 is 0 Å². The second kappa shape index (κ2) is 7.25. The van der Waals surface area contributed by atoms with Crippen molar-refractivity contribution < 1.29 is 13.2 Å². The predicted molar refractivity (Wildman–Crippen MR) is 83.7 cm³/mol. The zero-order chi connectivity index (χ0) is 14.5. The van der Waals surface area contributed by atoms with Gasteiger partial charge in [0.25, 0.3) is 0 Å². The SMILES string of the molecule is O=S(=O)(Cl)CC1(COCc2cccs2)CCCCCC1. The highest BCUT2D eigenvalue weighted by Gasteiger charge is 2.35. The van der Waals surface area contributed by atoms with Gasteiger partial charge in [0.05, 0.1) is 19.0 Å². The van der Waals surface area contributed by atoms with Gasteiger partial charge in [0.1, 0.15) is 0 Å². The van der Waals surface area contributed by atoms with Crippen LogP contribution in [0.2, 0.25) is 0 Å². The molecule has 1 aliphatic carbocycles. The molecular weight excluding hydrogens is 316 g/mol. The molecule has 20 heavy (non-hydrogen) atoms. The Morgan fingerprint density at radius 2 is 1.95 bits per heavy atom. The van der Waals surface area contributed by atoms with E-state index in [0.717, 1.165) is 25.7 Å². The molecule has 0 unspecified atom stereocenters. The summed E-state index contributed by atoms with van der Waals surface area (Å²) in [5.74, 6) is 0.0337. The molecule has 1 aromatic heterocycles. The van der Waals surface area contributed by atoms with Gasteiger partial charge in [-0.2, -0.15) is 0 Å². The first-order valence-corrected chi connectivity index (χ1v) is 10.4. The van der Waals surface area contributed by atoms with E-state index in [1.165, 1.54) is 17.7 Å². The summed E-state index contributed by atoms with van der Waals surface area (Å²) < 4.78 is 28.9. The molecule has 0 atom stereocenters. The Balaban J connectivity index is 1.97. The molecule has 114 valence electrons. The van der Waals surface area contributed by atoms with Gasteiger partial charge in [-0.3, -0.25) is 0 Å². The second-order valence-electron chi connectivity index (χ2n) is 5.67. The molecule has 0 spiro atoms. The lowest BCUT2D eigenvalue weighted by Crippen LogP contribution is -2.33.